The fourth-order valence-corrected chi connectivity index (χ4v) is 1.49. The molecule has 0 aromatic heterocycles. The van der Waals surface area contributed by atoms with Crippen LogP contribution in [0.2, 0.25) is 0 Å². The number of ether oxygens (including phenoxy) is 1. The van der Waals surface area contributed by atoms with Gasteiger partial charge in [0.15, 0.2) is 0 Å². The number of hydrogen-bond donors (Lipinski definition) is 0. The molecule has 0 saturated heterocycles. The van der Waals surface area contributed by atoms with Crippen molar-refractivity contribution < 1.29 is 13.5 Å². The van der Waals surface area contributed by atoms with Crippen molar-refractivity contribution in [3.05, 3.63) is 65.2 Å². The molecule has 2 rings (SSSR count). The van der Waals surface area contributed by atoms with Crippen LogP contribution >= 0.6 is 0 Å². The van der Waals surface area contributed by atoms with E-state index >= 15 is 0 Å². The van der Waals surface area contributed by atoms with Crippen molar-refractivity contribution in [2.24, 2.45) is 0 Å². The van der Waals surface area contributed by atoms with Crippen LogP contribution < -0.4 is 4.74 Å². The highest BCUT2D eigenvalue weighted by Gasteiger charge is 2.02. The zero-order valence-electron chi connectivity index (χ0n) is 9.36. The summed E-state index contributed by atoms with van der Waals surface area (Å²) in [6.45, 7) is 0.0700. The summed E-state index contributed by atoms with van der Waals surface area (Å²) in [5.41, 5.74) is 0.941. The van der Waals surface area contributed by atoms with Gasteiger partial charge in [0.25, 0.3) is 0 Å². The van der Waals surface area contributed by atoms with Crippen LogP contribution in [0.3, 0.4) is 0 Å². The molecule has 0 unspecified atom stereocenters. The summed E-state index contributed by atoms with van der Waals surface area (Å²) < 4.78 is 31.2. The van der Waals surface area contributed by atoms with Gasteiger partial charge in [0.1, 0.15) is 24.0 Å². The molecule has 0 atom stereocenters. The highest BCUT2D eigenvalue weighted by atomic mass is 19.1. The number of nitriles is 1. The molecule has 2 nitrogen and oxygen atoms in total. The summed E-state index contributed by atoms with van der Waals surface area (Å²) in [7, 11) is 0. The second-order valence-corrected chi connectivity index (χ2v) is 3.70. The van der Waals surface area contributed by atoms with E-state index in [2.05, 4.69) is 0 Å². The molecule has 0 amide bonds. The Morgan fingerprint density at radius 1 is 1.00 bits per heavy atom. The van der Waals surface area contributed by atoms with Crippen LogP contribution in [0.15, 0.2) is 42.5 Å². The lowest BCUT2D eigenvalue weighted by Crippen LogP contribution is -1.97. The molecule has 0 N–H and O–H groups in total. The van der Waals surface area contributed by atoms with Crippen LogP contribution in [0, 0.1) is 23.0 Å². The summed E-state index contributed by atoms with van der Waals surface area (Å²) in [4.78, 5) is 0. The number of hydrogen-bond acceptors (Lipinski definition) is 2. The molecule has 0 spiro atoms. The Morgan fingerprint density at radius 3 is 2.17 bits per heavy atom. The third-order valence-corrected chi connectivity index (χ3v) is 2.31. The average molecular weight is 245 g/mol. The molecular formula is C14H9F2NO. The van der Waals surface area contributed by atoms with E-state index in [0.717, 1.165) is 6.07 Å². The van der Waals surface area contributed by atoms with Crippen molar-refractivity contribution in [2.45, 2.75) is 6.61 Å². The van der Waals surface area contributed by atoms with Gasteiger partial charge in [0.2, 0.25) is 0 Å². The molecule has 2 aromatic rings. The molecule has 0 aliphatic rings. The smallest absolute Gasteiger partial charge is 0.126 e. The van der Waals surface area contributed by atoms with E-state index in [0.29, 0.717) is 16.9 Å². The Morgan fingerprint density at radius 2 is 1.61 bits per heavy atom. The summed E-state index contributed by atoms with van der Waals surface area (Å²) in [5, 5.41) is 8.62. The molecule has 0 bridgehead atoms. The number of benzene rings is 2. The number of nitrogens with zero attached hydrogens (tertiary/aromatic N) is 1. The molecule has 90 valence electrons. The largest absolute Gasteiger partial charge is 0.489 e. The van der Waals surface area contributed by atoms with Gasteiger partial charge in [-0.05, 0) is 42.0 Å². The third-order valence-electron chi connectivity index (χ3n) is 2.31. The first-order valence-corrected chi connectivity index (χ1v) is 5.25. The van der Waals surface area contributed by atoms with Crippen LogP contribution in [0.25, 0.3) is 0 Å². The predicted molar refractivity (Wildman–Crippen MR) is 61.8 cm³/mol. The topological polar surface area (TPSA) is 33.0 Å². The van der Waals surface area contributed by atoms with E-state index in [1.807, 2.05) is 6.07 Å². The molecule has 0 saturated carbocycles. The van der Waals surface area contributed by atoms with E-state index < -0.39 is 11.6 Å². The van der Waals surface area contributed by atoms with Gasteiger partial charge in [0.05, 0.1) is 11.6 Å². The van der Waals surface area contributed by atoms with E-state index in [1.54, 1.807) is 24.3 Å². The van der Waals surface area contributed by atoms with Gasteiger partial charge in [-0.2, -0.15) is 5.26 Å². The van der Waals surface area contributed by atoms with Crippen molar-refractivity contribution in [3.63, 3.8) is 0 Å². The van der Waals surface area contributed by atoms with Gasteiger partial charge < -0.3 is 4.74 Å². The monoisotopic (exact) mass is 245 g/mol. The van der Waals surface area contributed by atoms with Gasteiger partial charge in [-0.15, -0.1) is 0 Å². The van der Waals surface area contributed by atoms with E-state index in [9.17, 15) is 8.78 Å². The van der Waals surface area contributed by atoms with Crippen LogP contribution in [0.5, 0.6) is 5.75 Å². The minimum atomic E-state index is -0.631. The second-order valence-electron chi connectivity index (χ2n) is 3.70. The summed E-state index contributed by atoms with van der Waals surface area (Å²) in [6, 6.07) is 11.7. The van der Waals surface area contributed by atoms with Gasteiger partial charge in [-0.3, -0.25) is 0 Å². The Labute approximate surface area is 103 Å². The molecule has 18 heavy (non-hydrogen) atoms. The lowest BCUT2D eigenvalue weighted by molar-refractivity contribution is 0.305. The van der Waals surface area contributed by atoms with Crippen molar-refractivity contribution >= 4 is 0 Å². The standard InChI is InChI=1S/C14H9F2NO/c15-12-5-11(6-13(16)7-12)9-18-14-3-1-10(8-17)2-4-14/h1-7H,9H2. The molecule has 2 aromatic carbocycles. The molecule has 0 fully saturated rings. The molecule has 0 aliphatic carbocycles. The highest BCUT2D eigenvalue weighted by molar-refractivity contribution is 5.34. The Bertz CT molecular complexity index is 567. The fraction of sp³-hybridized carbons (Fsp3) is 0.0714. The van der Waals surface area contributed by atoms with Gasteiger partial charge in [0, 0.05) is 6.07 Å². The van der Waals surface area contributed by atoms with E-state index in [-0.39, 0.29) is 6.61 Å². The van der Waals surface area contributed by atoms with Crippen LogP contribution in [-0.2, 0) is 6.61 Å². The predicted octanol–water partition coefficient (Wildman–Crippen LogP) is 3.42. The van der Waals surface area contributed by atoms with E-state index in [4.69, 9.17) is 10.00 Å². The molecule has 4 heteroatoms. The van der Waals surface area contributed by atoms with Crippen LogP contribution in [0.4, 0.5) is 8.78 Å². The normalized spacial score (nSPS) is 9.83. The van der Waals surface area contributed by atoms with Crippen LogP contribution in [-0.4, -0.2) is 0 Å². The average Bonchev–Trinajstić information content (AvgIpc) is 2.36. The zero-order chi connectivity index (χ0) is 13.0. The Balaban J connectivity index is 2.04. The first-order valence-electron chi connectivity index (χ1n) is 5.25. The summed E-state index contributed by atoms with van der Waals surface area (Å²) in [6.07, 6.45) is 0. The minimum absolute atomic E-state index is 0.0700. The molecule has 0 radical (unpaired) electrons. The molecule has 0 heterocycles. The summed E-state index contributed by atoms with van der Waals surface area (Å²) >= 11 is 0. The molecular weight excluding hydrogens is 236 g/mol. The van der Waals surface area contributed by atoms with E-state index in [1.165, 1.54) is 12.1 Å². The fourth-order valence-electron chi connectivity index (χ4n) is 1.49. The van der Waals surface area contributed by atoms with Crippen molar-refractivity contribution in [1.82, 2.24) is 0 Å². The first-order chi connectivity index (χ1) is 8.67. The van der Waals surface area contributed by atoms with Crippen molar-refractivity contribution in [1.29, 1.82) is 5.26 Å². The van der Waals surface area contributed by atoms with Crippen molar-refractivity contribution in [3.8, 4) is 11.8 Å². The maximum Gasteiger partial charge on any atom is 0.126 e. The van der Waals surface area contributed by atoms with Gasteiger partial charge in [-0.1, -0.05) is 0 Å². The first kappa shape index (κ1) is 12.1. The van der Waals surface area contributed by atoms with Gasteiger partial charge in [-0.25, -0.2) is 8.78 Å². The maximum absolute atomic E-state index is 12.9. The lowest BCUT2D eigenvalue weighted by Gasteiger charge is -2.06. The van der Waals surface area contributed by atoms with Gasteiger partial charge >= 0.3 is 0 Å². The van der Waals surface area contributed by atoms with Crippen LogP contribution in [0.1, 0.15) is 11.1 Å². The summed E-state index contributed by atoms with van der Waals surface area (Å²) in [5.74, 6) is -0.722. The minimum Gasteiger partial charge on any atom is -0.489 e. The molecule has 0 aliphatic heterocycles. The Hall–Kier alpha value is -2.41. The highest BCUT2D eigenvalue weighted by Crippen LogP contribution is 2.15. The Kier molecular flexibility index (Phi) is 3.54. The number of rotatable bonds is 3. The van der Waals surface area contributed by atoms with Crippen molar-refractivity contribution in [2.75, 3.05) is 0 Å². The lowest BCUT2D eigenvalue weighted by atomic mass is 10.2. The quantitative estimate of drug-likeness (QED) is 0.830. The second kappa shape index (κ2) is 5.28. The number of halogens is 2. The maximum atomic E-state index is 12.9. The SMILES string of the molecule is N#Cc1ccc(OCc2cc(F)cc(F)c2)cc1. The third kappa shape index (κ3) is 3.05. The zero-order valence-corrected chi connectivity index (χ0v) is 9.36.